The predicted molar refractivity (Wildman–Crippen MR) is 90.0 cm³/mol. The Bertz CT molecular complexity index is 643. The highest BCUT2D eigenvalue weighted by Crippen LogP contribution is 2.35. The minimum absolute atomic E-state index is 0.412. The van der Waals surface area contributed by atoms with Crippen molar-refractivity contribution in [3.05, 3.63) is 22.7 Å². The first-order valence-electron chi connectivity index (χ1n) is 7.08. The van der Waals surface area contributed by atoms with Gasteiger partial charge in [0.05, 0.1) is 9.90 Å². The first kappa shape index (κ1) is 14.6. The van der Waals surface area contributed by atoms with Crippen LogP contribution in [0.5, 0.6) is 0 Å². The Labute approximate surface area is 134 Å². The van der Waals surface area contributed by atoms with E-state index in [0.717, 1.165) is 46.7 Å². The summed E-state index contributed by atoms with van der Waals surface area (Å²) in [6, 6.07) is 3.81. The summed E-state index contributed by atoms with van der Waals surface area (Å²) in [5.41, 5.74) is 7.38. The molecule has 0 saturated carbocycles. The summed E-state index contributed by atoms with van der Waals surface area (Å²) in [4.78, 5) is 12.2. The summed E-state index contributed by atoms with van der Waals surface area (Å²) in [6.07, 6.45) is 4.11. The number of thiophene rings is 1. The average Bonchev–Trinajstić information content (AvgIpc) is 2.85. The van der Waals surface area contributed by atoms with E-state index in [4.69, 9.17) is 17.3 Å². The van der Waals surface area contributed by atoms with E-state index in [0.29, 0.717) is 11.2 Å². The number of hydrogen-bond acceptors (Lipinski definition) is 5. The molecule has 21 heavy (non-hydrogen) atoms. The SMILES string of the molecule is CC1(C)CCN(c2ncc(-c3ccc(Cl)s3)c(N)n2)CC1. The maximum Gasteiger partial charge on any atom is 0.227 e. The Morgan fingerprint density at radius 3 is 2.57 bits per heavy atom. The van der Waals surface area contributed by atoms with Crippen LogP contribution in [0.2, 0.25) is 4.34 Å². The van der Waals surface area contributed by atoms with Gasteiger partial charge in [-0.2, -0.15) is 4.98 Å². The number of halogens is 1. The lowest BCUT2D eigenvalue weighted by molar-refractivity contribution is 0.278. The van der Waals surface area contributed by atoms with Gasteiger partial charge in [0.25, 0.3) is 0 Å². The molecule has 3 rings (SSSR count). The number of aromatic nitrogens is 2. The van der Waals surface area contributed by atoms with Crippen LogP contribution in [-0.4, -0.2) is 23.1 Å². The zero-order chi connectivity index (χ0) is 15.0. The Hall–Kier alpha value is -1.33. The molecule has 1 aliphatic heterocycles. The van der Waals surface area contributed by atoms with E-state index in [1.165, 1.54) is 11.3 Å². The van der Waals surface area contributed by atoms with Crippen molar-refractivity contribution < 1.29 is 0 Å². The molecule has 0 amide bonds. The largest absolute Gasteiger partial charge is 0.383 e. The fourth-order valence-corrected chi connectivity index (χ4v) is 3.56. The van der Waals surface area contributed by atoms with Gasteiger partial charge in [0.1, 0.15) is 5.82 Å². The van der Waals surface area contributed by atoms with E-state index in [9.17, 15) is 0 Å². The molecule has 0 unspecified atom stereocenters. The number of rotatable bonds is 2. The molecule has 0 aliphatic carbocycles. The smallest absolute Gasteiger partial charge is 0.227 e. The highest BCUT2D eigenvalue weighted by molar-refractivity contribution is 7.19. The van der Waals surface area contributed by atoms with Crippen LogP contribution in [-0.2, 0) is 0 Å². The molecule has 0 aromatic carbocycles. The van der Waals surface area contributed by atoms with Gasteiger partial charge in [-0.05, 0) is 30.4 Å². The molecular weight excluding hydrogens is 304 g/mol. The first-order valence-corrected chi connectivity index (χ1v) is 8.27. The van der Waals surface area contributed by atoms with Gasteiger partial charge in [-0.25, -0.2) is 4.98 Å². The third kappa shape index (κ3) is 3.14. The Kier molecular flexibility index (Phi) is 3.80. The van der Waals surface area contributed by atoms with Crippen molar-refractivity contribution in [2.75, 3.05) is 23.7 Å². The lowest BCUT2D eigenvalue weighted by Gasteiger charge is -2.36. The van der Waals surface area contributed by atoms with Gasteiger partial charge in [0.15, 0.2) is 0 Å². The molecule has 0 atom stereocenters. The van der Waals surface area contributed by atoms with Gasteiger partial charge in [0.2, 0.25) is 5.95 Å². The lowest BCUT2D eigenvalue weighted by atomic mass is 9.83. The van der Waals surface area contributed by atoms with Gasteiger partial charge < -0.3 is 10.6 Å². The molecule has 1 saturated heterocycles. The maximum absolute atomic E-state index is 6.11. The number of nitrogens with zero attached hydrogens (tertiary/aromatic N) is 3. The van der Waals surface area contributed by atoms with Crippen LogP contribution in [0.1, 0.15) is 26.7 Å². The molecule has 2 aromatic heterocycles. The molecule has 4 nitrogen and oxygen atoms in total. The van der Waals surface area contributed by atoms with E-state index >= 15 is 0 Å². The zero-order valence-corrected chi connectivity index (χ0v) is 13.8. The van der Waals surface area contributed by atoms with Gasteiger partial charge in [-0.1, -0.05) is 25.4 Å². The van der Waals surface area contributed by atoms with Gasteiger partial charge in [-0.3, -0.25) is 0 Å². The second kappa shape index (κ2) is 5.46. The van der Waals surface area contributed by atoms with Crippen molar-refractivity contribution in [3.8, 4) is 10.4 Å². The average molecular weight is 323 g/mol. The van der Waals surface area contributed by atoms with Crippen LogP contribution in [0, 0.1) is 5.41 Å². The van der Waals surface area contributed by atoms with Crippen LogP contribution in [0.4, 0.5) is 11.8 Å². The van der Waals surface area contributed by atoms with Gasteiger partial charge in [0, 0.05) is 24.2 Å². The molecular formula is C15H19ClN4S. The molecule has 0 bridgehead atoms. The van der Waals surface area contributed by atoms with Gasteiger partial charge in [-0.15, -0.1) is 11.3 Å². The van der Waals surface area contributed by atoms with Crippen LogP contribution in [0.15, 0.2) is 18.3 Å². The number of hydrogen-bond donors (Lipinski definition) is 1. The molecule has 6 heteroatoms. The third-order valence-electron chi connectivity index (χ3n) is 4.04. The van der Waals surface area contributed by atoms with Gasteiger partial charge >= 0.3 is 0 Å². The van der Waals surface area contributed by atoms with Crippen LogP contribution in [0.25, 0.3) is 10.4 Å². The molecule has 1 aliphatic rings. The first-order chi connectivity index (χ1) is 9.94. The fourth-order valence-electron chi connectivity index (χ4n) is 2.50. The minimum atomic E-state index is 0.412. The van der Waals surface area contributed by atoms with Crippen LogP contribution < -0.4 is 10.6 Å². The molecule has 2 aromatic rings. The standard InChI is InChI=1S/C15H19ClN4S/c1-15(2)5-7-20(8-6-15)14-18-9-10(13(17)19-14)11-3-4-12(16)21-11/h3-4,9H,5-8H2,1-2H3,(H2,17,18,19). The quantitative estimate of drug-likeness (QED) is 0.905. The summed E-state index contributed by atoms with van der Waals surface area (Å²) in [6.45, 7) is 6.58. The molecule has 112 valence electrons. The fraction of sp³-hybridized carbons (Fsp3) is 0.467. The van der Waals surface area contributed by atoms with Crippen molar-refractivity contribution in [1.82, 2.24) is 9.97 Å². The molecule has 1 fully saturated rings. The number of piperidine rings is 1. The van der Waals surface area contributed by atoms with Crippen molar-refractivity contribution in [2.45, 2.75) is 26.7 Å². The summed E-state index contributed by atoms with van der Waals surface area (Å²) >= 11 is 7.46. The molecule has 3 heterocycles. The van der Waals surface area contributed by atoms with Crippen molar-refractivity contribution in [1.29, 1.82) is 0 Å². The predicted octanol–water partition coefficient (Wildman–Crippen LogP) is 4.07. The number of anilines is 2. The molecule has 2 N–H and O–H groups in total. The molecule has 0 spiro atoms. The van der Waals surface area contributed by atoms with Crippen molar-refractivity contribution in [3.63, 3.8) is 0 Å². The van der Waals surface area contributed by atoms with E-state index in [1.807, 2.05) is 12.1 Å². The van der Waals surface area contributed by atoms with Crippen molar-refractivity contribution >= 4 is 34.7 Å². The van der Waals surface area contributed by atoms with E-state index in [2.05, 4.69) is 28.7 Å². The number of nitrogen functional groups attached to an aromatic ring is 1. The summed E-state index contributed by atoms with van der Waals surface area (Å²) in [7, 11) is 0. The number of nitrogens with two attached hydrogens (primary N) is 1. The Balaban J connectivity index is 1.82. The monoisotopic (exact) mass is 322 g/mol. The topological polar surface area (TPSA) is 55.0 Å². The second-order valence-corrected chi connectivity index (χ2v) is 7.94. The highest BCUT2D eigenvalue weighted by Gasteiger charge is 2.26. The van der Waals surface area contributed by atoms with Crippen molar-refractivity contribution in [2.24, 2.45) is 5.41 Å². The third-order valence-corrected chi connectivity index (χ3v) is 5.31. The molecule has 0 radical (unpaired) electrons. The summed E-state index contributed by atoms with van der Waals surface area (Å²) in [5.74, 6) is 1.25. The van der Waals surface area contributed by atoms with E-state index < -0.39 is 0 Å². The normalized spacial score (nSPS) is 18.0. The van der Waals surface area contributed by atoms with Crippen LogP contribution in [0.3, 0.4) is 0 Å². The zero-order valence-electron chi connectivity index (χ0n) is 12.3. The second-order valence-electron chi connectivity index (χ2n) is 6.22. The Morgan fingerprint density at radius 2 is 2.00 bits per heavy atom. The van der Waals surface area contributed by atoms with Crippen LogP contribution >= 0.6 is 22.9 Å². The highest BCUT2D eigenvalue weighted by atomic mass is 35.5. The summed E-state index contributed by atoms with van der Waals surface area (Å²) in [5, 5.41) is 0. The minimum Gasteiger partial charge on any atom is -0.383 e. The Morgan fingerprint density at radius 1 is 1.29 bits per heavy atom. The van der Waals surface area contributed by atoms with E-state index in [-0.39, 0.29) is 0 Å². The van der Waals surface area contributed by atoms with E-state index in [1.54, 1.807) is 6.20 Å². The summed E-state index contributed by atoms with van der Waals surface area (Å²) < 4.78 is 0.742. The lowest BCUT2D eigenvalue weighted by Crippen LogP contribution is -2.38. The maximum atomic E-state index is 6.11.